The first-order valence-corrected chi connectivity index (χ1v) is 11.0. The topological polar surface area (TPSA) is 91.7 Å². The van der Waals surface area contributed by atoms with E-state index in [1.807, 2.05) is 29.2 Å². The number of nitrogens with zero attached hydrogens (tertiary/aromatic N) is 1. The van der Waals surface area contributed by atoms with Gasteiger partial charge in [0.15, 0.2) is 5.78 Å². The zero-order chi connectivity index (χ0) is 23.2. The van der Waals surface area contributed by atoms with Crippen LogP contribution in [0.4, 0.5) is 5.69 Å². The maximum Gasteiger partial charge on any atom is 0.251 e. The fourth-order valence-corrected chi connectivity index (χ4v) is 3.60. The fourth-order valence-electron chi connectivity index (χ4n) is 3.60. The number of hydrogen-bond donors (Lipinski definition) is 2. The molecule has 2 amide bonds. The summed E-state index contributed by atoms with van der Waals surface area (Å²) in [6.07, 6.45) is 3.69. The highest BCUT2D eigenvalue weighted by Crippen LogP contribution is 2.20. The van der Waals surface area contributed by atoms with Gasteiger partial charge in [-0.25, -0.2) is 0 Å². The lowest BCUT2D eigenvalue weighted by molar-refractivity contribution is -0.117. The summed E-state index contributed by atoms with van der Waals surface area (Å²) in [4.78, 5) is 38.9. The molecule has 7 nitrogen and oxygen atoms in total. The Labute approximate surface area is 192 Å². The maximum absolute atomic E-state index is 12.8. The molecule has 7 heteroatoms. The van der Waals surface area contributed by atoms with Gasteiger partial charge in [0.2, 0.25) is 5.91 Å². The third kappa shape index (κ3) is 6.40. The molecule has 1 heterocycles. The second kappa shape index (κ2) is 10.3. The minimum atomic E-state index is -0.226. The van der Waals surface area contributed by atoms with Crippen molar-refractivity contribution < 1.29 is 18.8 Å². The quantitative estimate of drug-likeness (QED) is 0.460. The molecule has 0 saturated heterocycles. The van der Waals surface area contributed by atoms with Crippen LogP contribution in [0.1, 0.15) is 51.8 Å². The lowest BCUT2D eigenvalue weighted by Crippen LogP contribution is -2.32. The van der Waals surface area contributed by atoms with E-state index < -0.39 is 0 Å². The molecule has 1 aromatic heterocycles. The normalized spacial score (nSPS) is 13.0. The summed E-state index contributed by atoms with van der Waals surface area (Å²) in [6.45, 7) is 2.52. The van der Waals surface area contributed by atoms with Gasteiger partial charge >= 0.3 is 0 Å². The van der Waals surface area contributed by atoms with Gasteiger partial charge < -0.3 is 15.1 Å². The molecule has 0 radical (unpaired) electrons. The molecule has 170 valence electrons. The number of rotatable bonds is 10. The minimum Gasteiger partial charge on any atom is -0.468 e. The van der Waals surface area contributed by atoms with E-state index >= 15 is 0 Å². The van der Waals surface area contributed by atoms with E-state index in [-0.39, 0.29) is 24.1 Å². The van der Waals surface area contributed by atoms with E-state index in [2.05, 4.69) is 10.6 Å². The van der Waals surface area contributed by atoms with Crippen LogP contribution < -0.4 is 10.6 Å². The highest BCUT2D eigenvalue weighted by molar-refractivity contribution is 6.04. The zero-order valence-electron chi connectivity index (χ0n) is 18.5. The van der Waals surface area contributed by atoms with Crippen LogP contribution >= 0.6 is 0 Å². The summed E-state index contributed by atoms with van der Waals surface area (Å²) < 4.78 is 5.47. The number of anilines is 1. The number of carbonyl (C=O) groups excluding carboxylic acids is 3. The third-order valence-corrected chi connectivity index (χ3v) is 5.44. The van der Waals surface area contributed by atoms with E-state index in [0.29, 0.717) is 35.9 Å². The first-order chi connectivity index (χ1) is 16.0. The van der Waals surface area contributed by atoms with Gasteiger partial charge in [0.05, 0.1) is 25.0 Å². The molecular weight excluding hydrogens is 418 g/mol. The summed E-state index contributed by atoms with van der Waals surface area (Å²) in [5.41, 5.74) is 2.57. The highest BCUT2D eigenvalue weighted by Gasteiger charge is 2.23. The second-order valence-corrected chi connectivity index (χ2v) is 8.32. The van der Waals surface area contributed by atoms with E-state index in [1.165, 1.54) is 6.92 Å². The van der Waals surface area contributed by atoms with E-state index in [0.717, 1.165) is 24.2 Å². The number of carbonyl (C=O) groups is 3. The van der Waals surface area contributed by atoms with Gasteiger partial charge in [-0.05, 0) is 61.7 Å². The first-order valence-electron chi connectivity index (χ1n) is 11.0. The molecule has 3 aromatic rings. The van der Waals surface area contributed by atoms with Crippen LogP contribution in [0.2, 0.25) is 0 Å². The Hall–Kier alpha value is -3.71. The summed E-state index contributed by atoms with van der Waals surface area (Å²) in [5.74, 6) is 0.354. The predicted molar refractivity (Wildman–Crippen MR) is 125 cm³/mol. The van der Waals surface area contributed by atoms with Gasteiger partial charge in [-0.2, -0.15) is 0 Å². The SMILES string of the molecule is CC(=O)c1ccccc1NC(=O)CN(Cc1ccc(C(=O)NC2CC2)cc1)Cc1ccco1. The van der Waals surface area contributed by atoms with Crippen LogP contribution in [-0.2, 0) is 17.9 Å². The lowest BCUT2D eigenvalue weighted by Gasteiger charge is -2.21. The van der Waals surface area contributed by atoms with Crippen molar-refractivity contribution in [2.45, 2.75) is 38.9 Å². The molecule has 1 saturated carbocycles. The van der Waals surface area contributed by atoms with Crippen molar-refractivity contribution in [3.05, 3.63) is 89.4 Å². The molecule has 1 fully saturated rings. The largest absolute Gasteiger partial charge is 0.468 e. The van der Waals surface area contributed by atoms with Gasteiger partial charge in [0.1, 0.15) is 5.76 Å². The predicted octanol–water partition coefficient (Wildman–Crippen LogP) is 4.02. The van der Waals surface area contributed by atoms with Gasteiger partial charge in [0, 0.05) is 23.7 Å². The van der Waals surface area contributed by atoms with Crippen LogP contribution in [-0.4, -0.2) is 35.1 Å². The Morgan fingerprint density at radius 2 is 1.73 bits per heavy atom. The highest BCUT2D eigenvalue weighted by atomic mass is 16.3. The summed E-state index contributed by atoms with van der Waals surface area (Å²) in [5, 5.41) is 5.83. The van der Waals surface area contributed by atoms with Crippen LogP contribution in [0.25, 0.3) is 0 Å². The molecule has 2 N–H and O–H groups in total. The number of benzene rings is 2. The standard InChI is InChI=1S/C26H27N3O4/c1-18(30)23-6-2-3-7-24(23)28-25(31)17-29(16-22-5-4-14-33-22)15-19-8-10-20(11-9-19)26(32)27-21-12-13-21/h2-11,14,21H,12-13,15-17H2,1H3,(H,27,32)(H,28,31). The van der Waals surface area contributed by atoms with Gasteiger partial charge in [-0.3, -0.25) is 19.3 Å². The molecular formula is C26H27N3O4. The molecule has 0 aliphatic heterocycles. The van der Waals surface area contributed by atoms with Gasteiger partial charge in [0.25, 0.3) is 5.91 Å². The minimum absolute atomic E-state index is 0.0555. The average Bonchev–Trinajstić information content (AvgIpc) is 3.46. The average molecular weight is 446 g/mol. The fraction of sp³-hybridized carbons (Fsp3) is 0.269. The Morgan fingerprint density at radius 3 is 2.39 bits per heavy atom. The van der Waals surface area contributed by atoms with Gasteiger partial charge in [-0.1, -0.05) is 24.3 Å². The van der Waals surface area contributed by atoms with Crippen molar-refractivity contribution in [2.75, 3.05) is 11.9 Å². The van der Waals surface area contributed by atoms with Crippen molar-refractivity contribution >= 4 is 23.3 Å². The van der Waals surface area contributed by atoms with Crippen LogP contribution in [0, 0.1) is 0 Å². The van der Waals surface area contributed by atoms with Crippen molar-refractivity contribution in [3.8, 4) is 0 Å². The number of amides is 2. The second-order valence-electron chi connectivity index (χ2n) is 8.32. The number of nitrogens with one attached hydrogen (secondary N) is 2. The molecule has 0 unspecified atom stereocenters. The molecule has 1 aliphatic carbocycles. The summed E-state index contributed by atoms with van der Waals surface area (Å²) in [6, 6.07) is 18.4. The number of hydrogen-bond acceptors (Lipinski definition) is 5. The molecule has 4 rings (SSSR count). The monoisotopic (exact) mass is 445 g/mol. The molecule has 2 aromatic carbocycles. The van der Waals surface area contributed by atoms with E-state index in [4.69, 9.17) is 4.42 Å². The first kappa shape index (κ1) is 22.5. The van der Waals surface area contributed by atoms with E-state index in [1.54, 1.807) is 42.7 Å². The number of ketones is 1. The smallest absolute Gasteiger partial charge is 0.251 e. The van der Waals surface area contributed by atoms with Gasteiger partial charge in [-0.15, -0.1) is 0 Å². The number of Topliss-reactive ketones (excluding diaryl/α,β-unsaturated/α-hetero) is 1. The third-order valence-electron chi connectivity index (χ3n) is 5.44. The number of furan rings is 1. The van der Waals surface area contributed by atoms with Crippen molar-refractivity contribution in [2.24, 2.45) is 0 Å². The Morgan fingerprint density at radius 1 is 0.970 bits per heavy atom. The Kier molecular flexibility index (Phi) is 7.00. The molecule has 0 bridgehead atoms. The maximum atomic E-state index is 12.8. The number of para-hydroxylation sites is 1. The van der Waals surface area contributed by atoms with Crippen LogP contribution in [0.5, 0.6) is 0 Å². The molecule has 0 atom stereocenters. The van der Waals surface area contributed by atoms with E-state index in [9.17, 15) is 14.4 Å². The molecule has 33 heavy (non-hydrogen) atoms. The van der Waals surface area contributed by atoms with Crippen molar-refractivity contribution in [1.29, 1.82) is 0 Å². The Balaban J connectivity index is 1.43. The molecule has 0 spiro atoms. The summed E-state index contributed by atoms with van der Waals surface area (Å²) in [7, 11) is 0. The van der Waals surface area contributed by atoms with Crippen molar-refractivity contribution in [3.63, 3.8) is 0 Å². The lowest BCUT2D eigenvalue weighted by atomic mass is 10.1. The Bertz CT molecular complexity index is 1120. The van der Waals surface area contributed by atoms with Crippen LogP contribution in [0.3, 0.4) is 0 Å². The van der Waals surface area contributed by atoms with Crippen molar-refractivity contribution in [1.82, 2.24) is 10.2 Å². The summed E-state index contributed by atoms with van der Waals surface area (Å²) >= 11 is 0. The van der Waals surface area contributed by atoms with Crippen LogP contribution in [0.15, 0.2) is 71.3 Å². The zero-order valence-corrected chi connectivity index (χ0v) is 18.5. The molecule has 1 aliphatic rings.